The summed E-state index contributed by atoms with van der Waals surface area (Å²) in [4.78, 5) is 11.1. The average molecular weight is 380 g/mol. The Balaban J connectivity index is 1.99. The van der Waals surface area contributed by atoms with Crippen molar-refractivity contribution in [1.29, 1.82) is 0 Å². The quantitative estimate of drug-likeness (QED) is 0.390. The highest BCUT2D eigenvalue weighted by atomic mass is 16.6. The second kappa shape index (κ2) is 7.83. The van der Waals surface area contributed by atoms with Gasteiger partial charge >= 0.3 is 0 Å². The van der Waals surface area contributed by atoms with Crippen LogP contribution in [0.1, 0.15) is 18.7 Å². The summed E-state index contributed by atoms with van der Waals surface area (Å²) in [6.07, 6.45) is -4.23. The van der Waals surface area contributed by atoms with Gasteiger partial charge in [0.15, 0.2) is 6.23 Å². The molecule has 0 bridgehead atoms. The molecule has 1 aliphatic rings. The topological polar surface area (TPSA) is 144 Å². The molecular formula is C18H24N2O7. The molecule has 0 unspecified atom stereocenters. The third kappa shape index (κ3) is 3.78. The lowest BCUT2D eigenvalue weighted by molar-refractivity contribution is -0.250. The zero-order chi connectivity index (χ0) is 19.7. The lowest BCUT2D eigenvalue weighted by Crippen LogP contribution is -2.56. The standard InChI is InChI=1S/C18H24N2O7/c1-9(22)19-5-4-10-7-20(13-3-2-11(23)6-12(10)13)18-17(26)16(25)15(24)14(8-21)27-18/h2-3,6-7,14-18,21,23-26H,4-5,8H2,1H3,(H,19,22)/t14-,15-,16+,17-,18-/m1/s1. The lowest BCUT2D eigenvalue weighted by atomic mass is 9.98. The molecule has 0 radical (unpaired) electrons. The van der Waals surface area contributed by atoms with E-state index in [4.69, 9.17) is 4.74 Å². The number of rotatable bonds is 5. The Labute approximate surface area is 155 Å². The molecule has 0 saturated carbocycles. The van der Waals surface area contributed by atoms with Crippen molar-refractivity contribution in [3.63, 3.8) is 0 Å². The number of aromatic hydroxyl groups is 1. The number of fused-ring (bicyclic) bond motifs is 1. The van der Waals surface area contributed by atoms with E-state index in [1.54, 1.807) is 22.9 Å². The Morgan fingerprint density at radius 1 is 1.22 bits per heavy atom. The van der Waals surface area contributed by atoms with E-state index in [9.17, 15) is 30.3 Å². The second-order valence-corrected chi connectivity index (χ2v) is 6.72. The van der Waals surface area contributed by atoms with E-state index in [1.807, 2.05) is 0 Å². The van der Waals surface area contributed by atoms with E-state index in [0.29, 0.717) is 23.9 Å². The number of carbonyl (C=O) groups excluding carboxylic acids is 1. The molecule has 2 aromatic rings. The molecule has 1 aliphatic heterocycles. The largest absolute Gasteiger partial charge is 0.508 e. The maximum Gasteiger partial charge on any atom is 0.216 e. The fraction of sp³-hybridized carbons (Fsp3) is 0.500. The number of hydrogen-bond acceptors (Lipinski definition) is 7. The molecule has 6 N–H and O–H groups in total. The van der Waals surface area contributed by atoms with Gasteiger partial charge in [-0.05, 0) is 30.2 Å². The minimum absolute atomic E-state index is 0.0647. The number of ether oxygens (including phenoxy) is 1. The predicted octanol–water partition coefficient (Wildman–Crippen LogP) is -1.00. The van der Waals surface area contributed by atoms with Crippen molar-refractivity contribution in [2.45, 2.75) is 44.0 Å². The molecule has 148 valence electrons. The zero-order valence-electron chi connectivity index (χ0n) is 14.8. The van der Waals surface area contributed by atoms with Gasteiger partial charge in [0.25, 0.3) is 0 Å². The Morgan fingerprint density at radius 3 is 2.63 bits per heavy atom. The SMILES string of the molecule is CC(=O)NCCc1cn([C@@H]2O[C@H](CO)[C@@H](O)[C@H](O)[C@H]2O)c2ccc(O)cc12. The normalized spacial score (nSPS) is 28.4. The van der Waals surface area contributed by atoms with Gasteiger partial charge in [-0.15, -0.1) is 0 Å². The van der Waals surface area contributed by atoms with Gasteiger partial charge in [0, 0.05) is 25.1 Å². The highest BCUT2D eigenvalue weighted by Crippen LogP contribution is 2.34. The number of nitrogens with one attached hydrogen (secondary N) is 1. The van der Waals surface area contributed by atoms with Crippen LogP contribution in [0.4, 0.5) is 0 Å². The van der Waals surface area contributed by atoms with Crippen molar-refractivity contribution < 1.29 is 35.1 Å². The van der Waals surface area contributed by atoms with Crippen molar-refractivity contribution >= 4 is 16.8 Å². The Bertz CT molecular complexity index is 819. The fourth-order valence-electron chi connectivity index (χ4n) is 3.41. The van der Waals surface area contributed by atoms with Crippen LogP contribution in [0.25, 0.3) is 10.9 Å². The van der Waals surface area contributed by atoms with Crippen LogP contribution in [0, 0.1) is 0 Å². The van der Waals surface area contributed by atoms with E-state index in [0.717, 1.165) is 5.56 Å². The number of amides is 1. The van der Waals surface area contributed by atoms with Crippen LogP contribution < -0.4 is 5.32 Å². The van der Waals surface area contributed by atoms with Crippen molar-refractivity contribution in [3.8, 4) is 5.75 Å². The van der Waals surface area contributed by atoms with Gasteiger partial charge in [-0.3, -0.25) is 4.79 Å². The third-order valence-electron chi connectivity index (χ3n) is 4.81. The van der Waals surface area contributed by atoms with Crippen LogP contribution in [0.3, 0.4) is 0 Å². The summed E-state index contributed by atoms with van der Waals surface area (Å²) in [5.41, 5.74) is 1.43. The molecule has 1 saturated heterocycles. The van der Waals surface area contributed by atoms with Crippen molar-refractivity contribution in [1.82, 2.24) is 9.88 Å². The molecule has 5 atom stereocenters. The first kappa shape index (κ1) is 19.6. The maximum absolute atomic E-state index is 11.1. The first-order valence-corrected chi connectivity index (χ1v) is 8.71. The Kier molecular flexibility index (Phi) is 5.68. The smallest absolute Gasteiger partial charge is 0.216 e. The number of aliphatic hydroxyl groups is 4. The molecule has 27 heavy (non-hydrogen) atoms. The van der Waals surface area contributed by atoms with Gasteiger partial charge in [-0.25, -0.2) is 0 Å². The summed E-state index contributed by atoms with van der Waals surface area (Å²) in [7, 11) is 0. The van der Waals surface area contributed by atoms with Gasteiger partial charge in [0.2, 0.25) is 5.91 Å². The van der Waals surface area contributed by atoms with Crippen LogP contribution in [0.2, 0.25) is 0 Å². The third-order valence-corrected chi connectivity index (χ3v) is 4.81. The average Bonchev–Trinajstić information content (AvgIpc) is 2.97. The molecule has 3 rings (SSSR count). The molecule has 0 aliphatic carbocycles. The summed E-state index contributed by atoms with van der Waals surface area (Å²) < 4.78 is 7.23. The monoisotopic (exact) mass is 380 g/mol. The van der Waals surface area contributed by atoms with E-state index >= 15 is 0 Å². The highest BCUT2D eigenvalue weighted by molar-refractivity contribution is 5.85. The van der Waals surface area contributed by atoms with Gasteiger partial charge in [0.05, 0.1) is 12.1 Å². The number of nitrogens with zero attached hydrogens (tertiary/aromatic N) is 1. The molecule has 1 fully saturated rings. The number of phenolic OH excluding ortho intramolecular Hbond substituents is 1. The van der Waals surface area contributed by atoms with Gasteiger partial charge in [-0.1, -0.05) is 0 Å². The summed E-state index contributed by atoms with van der Waals surface area (Å²) in [5, 5.41) is 53.1. The molecule has 1 aromatic carbocycles. The molecular weight excluding hydrogens is 356 g/mol. The zero-order valence-corrected chi connectivity index (χ0v) is 14.8. The van der Waals surface area contributed by atoms with Crippen LogP contribution in [-0.2, 0) is 16.0 Å². The fourth-order valence-corrected chi connectivity index (χ4v) is 3.41. The first-order chi connectivity index (χ1) is 12.8. The minimum atomic E-state index is -1.49. The molecule has 9 heteroatoms. The lowest BCUT2D eigenvalue weighted by Gasteiger charge is -2.40. The van der Waals surface area contributed by atoms with Crippen LogP contribution in [-0.4, -0.2) is 73.6 Å². The van der Waals surface area contributed by atoms with Crippen LogP contribution >= 0.6 is 0 Å². The molecule has 1 aromatic heterocycles. The predicted molar refractivity (Wildman–Crippen MR) is 95.0 cm³/mol. The number of hydrogen-bond donors (Lipinski definition) is 6. The van der Waals surface area contributed by atoms with E-state index in [2.05, 4.69) is 5.32 Å². The summed E-state index contributed by atoms with van der Waals surface area (Å²) in [5.74, 6) is -0.0923. The summed E-state index contributed by atoms with van der Waals surface area (Å²) in [6.45, 7) is 1.29. The molecule has 1 amide bonds. The second-order valence-electron chi connectivity index (χ2n) is 6.72. The Hall–Kier alpha value is -2.17. The van der Waals surface area contributed by atoms with Gasteiger partial charge in [-0.2, -0.15) is 0 Å². The number of phenols is 1. The van der Waals surface area contributed by atoms with Crippen LogP contribution in [0.5, 0.6) is 5.75 Å². The Morgan fingerprint density at radius 2 is 1.96 bits per heavy atom. The summed E-state index contributed by atoms with van der Waals surface area (Å²) >= 11 is 0. The molecule has 0 spiro atoms. The number of benzene rings is 1. The van der Waals surface area contributed by atoms with Crippen molar-refractivity contribution in [2.75, 3.05) is 13.2 Å². The van der Waals surface area contributed by atoms with Crippen molar-refractivity contribution in [3.05, 3.63) is 30.0 Å². The number of aliphatic hydroxyl groups excluding tert-OH is 4. The first-order valence-electron chi connectivity index (χ1n) is 8.71. The van der Waals surface area contributed by atoms with Gasteiger partial charge in [0.1, 0.15) is 30.2 Å². The van der Waals surface area contributed by atoms with Crippen molar-refractivity contribution in [2.24, 2.45) is 0 Å². The van der Waals surface area contributed by atoms with E-state index in [1.165, 1.54) is 13.0 Å². The maximum atomic E-state index is 11.1. The summed E-state index contributed by atoms with van der Waals surface area (Å²) in [6, 6.07) is 4.70. The molecule has 2 heterocycles. The van der Waals surface area contributed by atoms with Gasteiger partial charge < -0.3 is 40.2 Å². The minimum Gasteiger partial charge on any atom is -0.508 e. The highest BCUT2D eigenvalue weighted by Gasteiger charge is 2.44. The van der Waals surface area contributed by atoms with E-state index in [-0.39, 0.29) is 11.7 Å². The van der Waals surface area contributed by atoms with E-state index < -0.39 is 37.3 Å². The number of carbonyl (C=O) groups is 1. The van der Waals surface area contributed by atoms with Crippen LogP contribution in [0.15, 0.2) is 24.4 Å². The molecule has 9 nitrogen and oxygen atoms in total. The number of aromatic nitrogens is 1.